The molecule has 0 aromatic heterocycles. The highest BCUT2D eigenvalue weighted by atomic mass is 35.5. The second kappa shape index (κ2) is 7.29. The van der Waals surface area contributed by atoms with Crippen LogP contribution in [0.3, 0.4) is 0 Å². The number of alkyl halides is 3. The van der Waals surface area contributed by atoms with E-state index in [1.807, 2.05) is 7.05 Å². The SMILES string of the molecule is CNC1CCCN(Cc2ccccc2C(F)(F)F)C1.Cl. The van der Waals surface area contributed by atoms with Crippen molar-refractivity contribution in [1.82, 2.24) is 10.2 Å². The van der Waals surface area contributed by atoms with Gasteiger partial charge >= 0.3 is 6.18 Å². The average Bonchev–Trinajstić information content (AvgIpc) is 2.38. The van der Waals surface area contributed by atoms with E-state index in [9.17, 15) is 13.2 Å². The van der Waals surface area contributed by atoms with Crippen molar-refractivity contribution in [2.45, 2.75) is 31.6 Å². The third-order valence-electron chi connectivity index (χ3n) is 3.63. The monoisotopic (exact) mass is 308 g/mol. The molecule has 1 fully saturated rings. The van der Waals surface area contributed by atoms with E-state index in [1.54, 1.807) is 12.1 Å². The fraction of sp³-hybridized carbons (Fsp3) is 0.571. The van der Waals surface area contributed by atoms with E-state index in [-0.39, 0.29) is 12.4 Å². The van der Waals surface area contributed by atoms with Crippen molar-refractivity contribution in [3.63, 3.8) is 0 Å². The predicted molar refractivity (Wildman–Crippen MR) is 76.1 cm³/mol. The van der Waals surface area contributed by atoms with E-state index in [0.29, 0.717) is 18.2 Å². The quantitative estimate of drug-likeness (QED) is 0.921. The van der Waals surface area contributed by atoms with Gasteiger partial charge in [-0.05, 0) is 38.1 Å². The summed E-state index contributed by atoms with van der Waals surface area (Å²) in [4.78, 5) is 2.09. The summed E-state index contributed by atoms with van der Waals surface area (Å²) >= 11 is 0. The normalized spacial score (nSPS) is 20.5. The third-order valence-corrected chi connectivity index (χ3v) is 3.63. The Kier molecular flexibility index (Phi) is 6.30. The Morgan fingerprint density at radius 1 is 1.30 bits per heavy atom. The molecule has 1 aromatic carbocycles. The first-order valence-corrected chi connectivity index (χ1v) is 6.55. The molecule has 0 radical (unpaired) electrons. The molecular formula is C14H20ClF3N2. The molecular weight excluding hydrogens is 289 g/mol. The van der Waals surface area contributed by atoms with E-state index in [0.717, 1.165) is 32.0 Å². The van der Waals surface area contributed by atoms with Gasteiger partial charge in [-0.15, -0.1) is 12.4 Å². The Bertz CT molecular complexity index is 423. The lowest BCUT2D eigenvalue weighted by Gasteiger charge is -2.33. The highest BCUT2D eigenvalue weighted by molar-refractivity contribution is 5.85. The van der Waals surface area contributed by atoms with Crippen LogP contribution in [-0.4, -0.2) is 31.1 Å². The number of hydrogen-bond acceptors (Lipinski definition) is 2. The lowest BCUT2D eigenvalue weighted by molar-refractivity contribution is -0.138. The summed E-state index contributed by atoms with van der Waals surface area (Å²) in [6, 6.07) is 6.23. The third kappa shape index (κ3) is 4.36. The fourth-order valence-corrected chi connectivity index (χ4v) is 2.61. The summed E-state index contributed by atoms with van der Waals surface area (Å²) in [5.74, 6) is 0. The first-order chi connectivity index (χ1) is 9.00. The number of hydrogen-bond donors (Lipinski definition) is 1. The second-order valence-corrected chi connectivity index (χ2v) is 5.02. The van der Waals surface area contributed by atoms with Gasteiger partial charge in [-0.2, -0.15) is 13.2 Å². The molecule has 1 atom stereocenters. The highest BCUT2D eigenvalue weighted by Gasteiger charge is 2.33. The second-order valence-electron chi connectivity index (χ2n) is 5.02. The number of piperidine rings is 1. The van der Waals surface area contributed by atoms with Gasteiger partial charge in [-0.3, -0.25) is 4.90 Å². The van der Waals surface area contributed by atoms with Gasteiger partial charge in [0.25, 0.3) is 0 Å². The van der Waals surface area contributed by atoms with Crippen LogP contribution in [0.2, 0.25) is 0 Å². The largest absolute Gasteiger partial charge is 0.416 e. The first-order valence-electron chi connectivity index (χ1n) is 6.55. The highest BCUT2D eigenvalue weighted by Crippen LogP contribution is 2.32. The van der Waals surface area contributed by atoms with Gasteiger partial charge in [0, 0.05) is 19.1 Å². The van der Waals surface area contributed by atoms with Crippen LogP contribution < -0.4 is 5.32 Å². The van der Waals surface area contributed by atoms with Crippen molar-refractivity contribution in [3.8, 4) is 0 Å². The van der Waals surface area contributed by atoms with E-state index < -0.39 is 11.7 Å². The van der Waals surface area contributed by atoms with Gasteiger partial charge in [0.1, 0.15) is 0 Å². The number of benzene rings is 1. The van der Waals surface area contributed by atoms with Gasteiger partial charge in [-0.25, -0.2) is 0 Å². The standard InChI is InChI=1S/C14H19F3N2.ClH/c1-18-12-6-4-8-19(10-12)9-11-5-2-3-7-13(11)14(15,16)17;/h2-3,5,7,12,18H,4,6,8-10H2,1H3;1H. The summed E-state index contributed by atoms with van der Waals surface area (Å²) < 4.78 is 38.7. The lowest BCUT2D eigenvalue weighted by Crippen LogP contribution is -2.44. The fourth-order valence-electron chi connectivity index (χ4n) is 2.61. The van der Waals surface area contributed by atoms with Crippen molar-refractivity contribution in [1.29, 1.82) is 0 Å². The van der Waals surface area contributed by atoms with Gasteiger partial charge in [0.05, 0.1) is 5.56 Å². The van der Waals surface area contributed by atoms with E-state index in [1.165, 1.54) is 6.07 Å². The zero-order valence-corrected chi connectivity index (χ0v) is 12.2. The van der Waals surface area contributed by atoms with Crippen LogP contribution in [0.15, 0.2) is 24.3 Å². The smallest absolute Gasteiger partial charge is 0.316 e. The Morgan fingerprint density at radius 2 is 2.00 bits per heavy atom. The van der Waals surface area contributed by atoms with Crippen molar-refractivity contribution in [2.75, 3.05) is 20.1 Å². The topological polar surface area (TPSA) is 15.3 Å². The van der Waals surface area contributed by atoms with Gasteiger partial charge in [0.15, 0.2) is 0 Å². The summed E-state index contributed by atoms with van der Waals surface area (Å²) in [5, 5.41) is 3.20. The summed E-state index contributed by atoms with van der Waals surface area (Å²) in [5.41, 5.74) is -0.145. The van der Waals surface area contributed by atoms with Crippen LogP contribution in [0.1, 0.15) is 24.0 Å². The number of likely N-dealkylation sites (tertiary alicyclic amines) is 1. The maximum absolute atomic E-state index is 12.9. The number of rotatable bonds is 3. The van der Waals surface area contributed by atoms with E-state index in [2.05, 4.69) is 10.2 Å². The molecule has 1 heterocycles. The first kappa shape index (κ1) is 17.3. The summed E-state index contributed by atoms with van der Waals surface area (Å²) in [6.45, 7) is 2.04. The Morgan fingerprint density at radius 3 is 2.65 bits per heavy atom. The zero-order chi connectivity index (χ0) is 13.9. The number of nitrogens with zero attached hydrogens (tertiary/aromatic N) is 1. The van der Waals surface area contributed by atoms with Crippen molar-refractivity contribution in [3.05, 3.63) is 35.4 Å². The van der Waals surface area contributed by atoms with Gasteiger partial charge in [0.2, 0.25) is 0 Å². The molecule has 114 valence electrons. The molecule has 0 amide bonds. The zero-order valence-electron chi connectivity index (χ0n) is 11.4. The van der Waals surface area contributed by atoms with Crippen LogP contribution >= 0.6 is 12.4 Å². The Hall–Kier alpha value is -0.780. The molecule has 20 heavy (non-hydrogen) atoms. The molecule has 2 nitrogen and oxygen atoms in total. The van der Waals surface area contributed by atoms with Crippen LogP contribution in [0, 0.1) is 0 Å². The molecule has 0 spiro atoms. The molecule has 0 bridgehead atoms. The Balaban J connectivity index is 0.00000200. The van der Waals surface area contributed by atoms with Crippen LogP contribution in [-0.2, 0) is 12.7 Å². The summed E-state index contributed by atoms with van der Waals surface area (Å²) in [6.07, 6.45) is -2.15. The van der Waals surface area contributed by atoms with Crippen molar-refractivity contribution >= 4 is 12.4 Å². The van der Waals surface area contributed by atoms with Crippen molar-refractivity contribution in [2.24, 2.45) is 0 Å². The average molecular weight is 309 g/mol. The van der Waals surface area contributed by atoms with Crippen molar-refractivity contribution < 1.29 is 13.2 Å². The van der Waals surface area contributed by atoms with E-state index in [4.69, 9.17) is 0 Å². The van der Waals surface area contributed by atoms with E-state index >= 15 is 0 Å². The minimum atomic E-state index is -4.27. The minimum absolute atomic E-state index is 0. The molecule has 1 saturated heterocycles. The number of halogens is 4. The summed E-state index contributed by atoms with van der Waals surface area (Å²) in [7, 11) is 1.90. The number of nitrogens with one attached hydrogen (secondary N) is 1. The molecule has 1 N–H and O–H groups in total. The number of likely N-dealkylation sites (N-methyl/N-ethyl adjacent to an activating group) is 1. The maximum Gasteiger partial charge on any atom is 0.416 e. The molecule has 1 aromatic rings. The van der Waals surface area contributed by atoms with Gasteiger partial charge < -0.3 is 5.32 Å². The maximum atomic E-state index is 12.9. The molecule has 1 unspecified atom stereocenters. The predicted octanol–water partition coefficient (Wildman–Crippen LogP) is 3.31. The van der Waals surface area contributed by atoms with Crippen LogP contribution in [0.4, 0.5) is 13.2 Å². The van der Waals surface area contributed by atoms with Crippen LogP contribution in [0.5, 0.6) is 0 Å². The minimum Gasteiger partial charge on any atom is -0.316 e. The Labute approximate surface area is 123 Å². The molecule has 1 aliphatic heterocycles. The molecule has 2 rings (SSSR count). The molecule has 6 heteroatoms. The molecule has 0 aliphatic carbocycles. The van der Waals surface area contributed by atoms with Gasteiger partial charge in [-0.1, -0.05) is 18.2 Å². The molecule has 1 aliphatic rings. The molecule has 0 saturated carbocycles. The van der Waals surface area contributed by atoms with Crippen LogP contribution in [0.25, 0.3) is 0 Å². The lowest BCUT2D eigenvalue weighted by atomic mass is 10.0.